The van der Waals surface area contributed by atoms with Crippen LogP contribution in [0.1, 0.15) is 22.3 Å². The van der Waals surface area contributed by atoms with E-state index in [9.17, 15) is 0 Å². The van der Waals surface area contributed by atoms with Crippen LogP contribution < -0.4 is 9.64 Å². The van der Waals surface area contributed by atoms with Gasteiger partial charge in [0, 0.05) is 22.1 Å². The van der Waals surface area contributed by atoms with Gasteiger partial charge in [-0.3, -0.25) is 0 Å². The first-order valence-electron chi connectivity index (χ1n) is 28.3. The number of fused-ring (bicyclic) bond motifs is 12. The van der Waals surface area contributed by atoms with Crippen LogP contribution in [-0.2, 0) is 5.41 Å². The third-order valence-corrected chi connectivity index (χ3v) is 17.6. The average molecular weight is 1040 g/mol. The standard InChI is InChI=1S/C79H50N2O/c1-4-17-51(18-5-1)56-36-43-74-76(49-56)82-77-50-57(37-44-75(77)80(74)62-38-31-53(32-39-62)65-28-16-20-52-19-10-11-25-64(52)65)55-35-42-73-69(47-55)66-26-13-15-30-72(66)81(73)63-40-33-54-45-58-34-41-71-78(68(58)48-59(54)46-63)67-27-12-14-29-70(67)79(71,60-21-6-2-7-22-60)61-23-8-3-9-24-61/h1-50H. The Morgan fingerprint density at radius 1 is 0.280 bits per heavy atom. The number of anilines is 3. The number of aromatic nitrogens is 1. The fourth-order valence-corrected chi connectivity index (χ4v) is 13.9. The summed E-state index contributed by atoms with van der Waals surface area (Å²) in [7, 11) is 0. The van der Waals surface area contributed by atoms with E-state index in [-0.39, 0.29) is 0 Å². The molecule has 0 atom stereocenters. The lowest BCUT2D eigenvalue weighted by Gasteiger charge is -2.33. The van der Waals surface area contributed by atoms with Crippen molar-refractivity contribution < 1.29 is 4.74 Å². The molecule has 15 aromatic rings. The summed E-state index contributed by atoms with van der Waals surface area (Å²) in [6.45, 7) is 0. The molecule has 82 heavy (non-hydrogen) atoms. The summed E-state index contributed by atoms with van der Waals surface area (Å²) < 4.78 is 9.47. The average Bonchev–Trinajstić information content (AvgIpc) is 2.07. The molecule has 1 aromatic heterocycles. The van der Waals surface area contributed by atoms with Crippen molar-refractivity contribution in [3.63, 3.8) is 0 Å². The Morgan fingerprint density at radius 2 is 0.854 bits per heavy atom. The van der Waals surface area contributed by atoms with E-state index in [2.05, 4.69) is 313 Å². The smallest absolute Gasteiger partial charge is 0.152 e. The molecule has 0 radical (unpaired) electrons. The molecule has 0 spiro atoms. The lowest BCUT2D eigenvalue weighted by atomic mass is 9.67. The second-order valence-electron chi connectivity index (χ2n) is 21.9. The molecular formula is C79H50N2O. The Hall–Kier alpha value is -10.7. The monoisotopic (exact) mass is 1040 g/mol. The second-order valence-corrected chi connectivity index (χ2v) is 21.9. The maximum absolute atomic E-state index is 7.02. The summed E-state index contributed by atoms with van der Waals surface area (Å²) in [5.41, 5.74) is 20.7. The molecule has 1 aliphatic carbocycles. The molecule has 2 aliphatic rings. The summed E-state index contributed by atoms with van der Waals surface area (Å²) in [6, 6.07) is 111. The molecule has 0 fully saturated rings. The minimum Gasteiger partial charge on any atom is -0.453 e. The molecule has 2 heterocycles. The first kappa shape index (κ1) is 46.2. The van der Waals surface area contributed by atoms with Crippen molar-refractivity contribution in [2.45, 2.75) is 5.41 Å². The van der Waals surface area contributed by atoms with E-state index in [0.29, 0.717) is 0 Å². The summed E-state index contributed by atoms with van der Waals surface area (Å²) in [4.78, 5) is 2.34. The number of para-hydroxylation sites is 1. The van der Waals surface area contributed by atoms with Crippen molar-refractivity contribution in [1.82, 2.24) is 4.57 Å². The molecule has 3 heteroatoms. The molecule has 17 rings (SSSR count). The third-order valence-electron chi connectivity index (χ3n) is 17.6. The lowest BCUT2D eigenvalue weighted by Crippen LogP contribution is -2.28. The summed E-state index contributed by atoms with van der Waals surface area (Å²) in [5, 5.41) is 9.81. The van der Waals surface area contributed by atoms with Crippen molar-refractivity contribution in [3.05, 3.63) is 326 Å². The van der Waals surface area contributed by atoms with E-state index < -0.39 is 5.41 Å². The number of hydrogen-bond acceptors (Lipinski definition) is 2. The van der Waals surface area contributed by atoms with Crippen molar-refractivity contribution >= 4 is 71.2 Å². The molecule has 0 saturated heterocycles. The van der Waals surface area contributed by atoms with Crippen LogP contribution in [0.25, 0.3) is 104 Å². The molecule has 0 N–H and O–H groups in total. The Morgan fingerprint density at radius 3 is 1.62 bits per heavy atom. The maximum Gasteiger partial charge on any atom is 0.152 e. The number of nitrogens with zero attached hydrogens (tertiary/aromatic N) is 2. The predicted octanol–water partition coefficient (Wildman–Crippen LogP) is 21.2. The molecule has 0 bridgehead atoms. The molecular weight excluding hydrogens is 993 g/mol. The van der Waals surface area contributed by atoms with Gasteiger partial charge in [0.05, 0.1) is 27.8 Å². The van der Waals surface area contributed by atoms with Crippen molar-refractivity contribution in [1.29, 1.82) is 0 Å². The molecule has 3 nitrogen and oxygen atoms in total. The van der Waals surface area contributed by atoms with Gasteiger partial charge in [-0.15, -0.1) is 0 Å². The SMILES string of the molecule is c1ccc(-c2ccc3c(c2)Oc2cc(-c4ccc5c(c4)c4ccccc4n5-c4ccc5cc6ccc7c(c6cc5c4)-c4ccccc4C7(c4ccccc4)c4ccccc4)ccc2N3c2ccc(-c3cccc4ccccc34)cc2)cc1. The highest BCUT2D eigenvalue weighted by molar-refractivity contribution is 6.12. The quantitative estimate of drug-likeness (QED) is 0.148. The second kappa shape index (κ2) is 18.2. The summed E-state index contributed by atoms with van der Waals surface area (Å²) >= 11 is 0. The van der Waals surface area contributed by atoms with Gasteiger partial charge in [0.1, 0.15) is 0 Å². The summed E-state index contributed by atoms with van der Waals surface area (Å²) in [5.74, 6) is 1.62. The van der Waals surface area contributed by atoms with Crippen LogP contribution in [0.3, 0.4) is 0 Å². The highest BCUT2D eigenvalue weighted by Gasteiger charge is 2.46. The van der Waals surface area contributed by atoms with Gasteiger partial charge in [0.2, 0.25) is 0 Å². The van der Waals surface area contributed by atoms with Gasteiger partial charge in [0.15, 0.2) is 11.5 Å². The molecule has 1 aliphatic heterocycles. The normalized spacial score (nSPS) is 13.0. The van der Waals surface area contributed by atoms with Gasteiger partial charge >= 0.3 is 0 Å². The van der Waals surface area contributed by atoms with Crippen LogP contribution in [0.2, 0.25) is 0 Å². The van der Waals surface area contributed by atoms with Crippen LogP contribution in [-0.4, -0.2) is 4.57 Å². The highest BCUT2D eigenvalue weighted by atomic mass is 16.5. The van der Waals surface area contributed by atoms with Gasteiger partial charge in [-0.25, -0.2) is 0 Å². The Bertz CT molecular complexity index is 5020. The zero-order valence-corrected chi connectivity index (χ0v) is 44.7. The van der Waals surface area contributed by atoms with E-state index in [4.69, 9.17) is 4.74 Å². The van der Waals surface area contributed by atoms with E-state index >= 15 is 0 Å². The zero-order valence-electron chi connectivity index (χ0n) is 44.7. The van der Waals surface area contributed by atoms with Crippen LogP contribution >= 0.6 is 0 Å². The molecule has 14 aromatic carbocycles. The first-order valence-corrected chi connectivity index (χ1v) is 28.3. The van der Waals surface area contributed by atoms with Gasteiger partial charge in [-0.1, -0.05) is 224 Å². The van der Waals surface area contributed by atoms with Crippen LogP contribution in [0.5, 0.6) is 11.5 Å². The number of rotatable bonds is 7. The highest BCUT2D eigenvalue weighted by Crippen LogP contribution is 2.58. The minimum atomic E-state index is -0.460. The summed E-state index contributed by atoms with van der Waals surface area (Å²) in [6.07, 6.45) is 0. The van der Waals surface area contributed by atoms with E-state index in [1.165, 1.54) is 93.1 Å². The maximum atomic E-state index is 7.02. The largest absolute Gasteiger partial charge is 0.453 e. The first-order chi connectivity index (χ1) is 40.6. The Kier molecular flexibility index (Phi) is 10.2. The Balaban J connectivity index is 0.776. The van der Waals surface area contributed by atoms with Crippen LogP contribution in [0.4, 0.5) is 17.1 Å². The predicted molar refractivity (Wildman–Crippen MR) is 342 cm³/mol. The van der Waals surface area contributed by atoms with Crippen LogP contribution in [0.15, 0.2) is 303 Å². The number of ether oxygens (including phenoxy) is 1. The van der Waals surface area contributed by atoms with Crippen molar-refractivity contribution in [3.8, 4) is 61.7 Å². The lowest BCUT2D eigenvalue weighted by molar-refractivity contribution is 0.477. The molecule has 0 saturated carbocycles. The molecule has 382 valence electrons. The van der Waals surface area contributed by atoms with E-state index in [1.54, 1.807) is 0 Å². The third kappa shape index (κ3) is 6.96. The van der Waals surface area contributed by atoms with Gasteiger partial charge in [-0.2, -0.15) is 0 Å². The Labute approximate surface area is 475 Å². The van der Waals surface area contributed by atoms with Crippen molar-refractivity contribution in [2.24, 2.45) is 0 Å². The van der Waals surface area contributed by atoms with Gasteiger partial charge in [0.25, 0.3) is 0 Å². The topological polar surface area (TPSA) is 17.4 Å². The minimum absolute atomic E-state index is 0.460. The van der Waals surface area contributed by atoms with Gasteiger partial charge < -0.3 is 14.2 Å². The van der Waals surface area contributed by atoms with Crippen molar-refractivity contribution in [2.75, 3.05) is 4.90 Å². The zero-order chi connectivity index (χ0) is 53.9. The molecule has 0 unspecified atom stereocenters. The number of benzene rings is 14. The van der Waals surface area contributed by atoms with Gasteiger partial charge in [-0.05, 0) is 178 Å². The fraction of sp³-hybridized carbons (Fsp3) is 0.0127. The fourth-order valence-electron chi connectivity index (χ4n) is 13.9. The van der Waals surface area contributed by atoms with Crippen LogP contribution in [0, 0.1) is 0 Å². The van der Waals surface area contributed by atoms with E-state index in [1.807, 2.05) is 0 Å². The molecule has 0 amide bonds. The van der Waals surface area contributed by atoms with E-state index in [0.717, 1.165) is 62.0 Å². The number of hydrogen-bond donors (Lipinski definition) is 0.